The molecule has 0 bridgehead atoms. The van der Waals surface area contributed by atoms with E-state index in [1.165, 1.54) is 42.7 Å². The summed E-state index contributed by atoms with van der Waals surface area (Å²) < 4.78 is 10.7. The lowest BCUT2D eigenvalue weighted by molar-refractivity contribution is -0.384. The highest BCUT2D eigenvalue weighted by Crippen LogP contribution is 2.31. The number of nitro benzene ring substituents is 1. The second-order valence-electron chi connectivity index (χ2n) is 6.26. The van der Waals surface area contributed by atoms with Crippen LogP contribution in [0, 0.1) is 10.1 Å². The molecule has 1 N–H and O–H groups in total. The summed E-state index contributed by atoms with van der Waals surface area (Å²) >= 11 is 0. The van der Waals surface area contributed by atoms with E-state index in [0.29, 0.717) is 5.76 Å². The smallest absolute Gasteiger partial charge is 0.331 e. The Hall–Kier alpha value is -4.47. The van der Waals surface area contributed by atoms with Crippen LogP contribution in [0.3, 0.4) is 0 Å². The Kier molecular flexibility index (Phi) is 4.72. The summed E-state index contributed by atoms with van der Waals surface area (Å²) in [5, 5.41) is 13.3. The van der Waals surface area contributed by atoms with E-state index in [1.807, 2.05) is 0 Å². The number of urea groups is 1. The van der Waals surface area contributed by atoms with Gasteiger partial charge in [-0.05, 0) is 36.4 Å². The summed E-state index contributed by atoms with van der Waals surface area (Å²) in [6, 6.07) is 11.3. The van der Waals surface area contributed by atoms with Gasteiger partial charge in [-0.2, -0.15) is 0 Å². The lowest BCUT2D eigenvalue weighted by atomic mass is 10.1. The largest absolute Gasteiger partial charge is 0.467 e. The van der Waals surface area contributed by atoms with Crippen LogP contribution in [0.25, 0.3) is 17.4 Å². The molecule has 0 aliphatic carbocycles. The van der Waals surface area contributed by atoms with Gasteiger partial charge in [-0.15, -0.1) is 0 Å². The molecule has 4 amide bonds. The summed E-state index contributed by atoms with van der Waals surface area (Å²) in [6.07, 6.45) is 2.58. The van der Waals surface area contributed by atoms with Crippen molar-refractivity contribution in [2.75, 3.05) is 0 Å². The van der Waals surface area contributed by atoms with E-state index < -0.39 is 22.8 Å². The molecule has 1 aliphatic rings. The van der Waals surface area contributed by atoms with Crippen LogP contribution in [0.5, 0.6) is 0 Å². The Labute approximate surface area is 168 Å². The number of nitrogens with one attached hydrogen (secondary N) is 1. The van der Waals surface area contributed by atoms with Gasteiger partial charge >= 0.3 is 6.03 Å². The number of hydrogen-bond acceptors (Lipinski definition) is 7. The maximum absolute atomic E-state index is 12.7. The Bertz CT molecular complexity index is 1190. The Morgan fingerprint density at radius 2 is 1.87 bits per heavy atom. The number of nitrogens with zero attached hydrogens (tertiary/aromatic N) is 2. The number of barbiturate groups is 1. The van der Waals surface area contributed by atoms with Gasteiger partial charge in [0, 0.05) is 6.07 Å². The number of amides is 4. The van der Waals surface area contributed by atoms with Crippen molar-refractivity contribution in [1.82, 2.24) is 10.2 Å². The van der Waals surface area contributed by atoms with Crippen molar-refractivity contribution < 1.29 is 28.1 Å². The van der Waals surface area contributed by atoms with Gasteiger partial charge in [0.15, 0.2) is 0 Å². The molecule has 0 atom stereocenters. The van der Waals surface area contributed by atoms with Gasteiger partial charge in [0.25, 0.3) is 17.5 Å². The highest BCUT2D eigenvalue weighted by atomic mass is 16.6. The molecule has 1 aromatic carbocycles. The van der Waals surface area contributed by atoms with E-state index in [-0.39, 0.29) is 34.9 Å². The van der Waals surface area contributed by atoms with Crippen molar-refractivity contribution in [3.8, 4) is 11.3 Å². The molecule has 10 nitrogen and oxygen atoms in total. The Morgan fingerprint density at radius 1 is 1.07 bits per heavy atom. The molecule has 0 unspecified atom stereocenters. The summed E-state index contributed by atoms with van der Waals surface area (Å²) in [6.45, 7) is -0.151. The van der Waals surface area contributed by atoms with Crippen molar-refractivity contribution in [3.05, 3.63) is 82.0 Å². The molecule has 1 aliphatic heterocycles. The monoisotopic (exact) mass is 407 g/mol. The van der Waals surface area contributed by atoms with Gasteiger partial charge in [0.1, 0.15) is 22.9 Å². The molecular weight excluding hydrogens is 394 g/mol. The van der Waals surface area contributed by atoms with E-state index >= 15 is 0 Å². The Balaban J connectivity index is 1.64. The average molecular weight is 407 g/mol. The van der Waals surface area contributed by atoms with Crippen molar-refractivity contribution in [1.29, 1.82) is 0 Å². The van der Waals surface area contributed by atoms with Gasteiger partial charge in [-0.1, -0.05) is 12.1 Å². The highest BCUT2D eigenvalue weighted by Gasteiger charge is 2.36. The Morgan fingerprint density at radius 3 is 2.60 bits per heavy atom. The van der Waals surface area contributed by atoms with Crippen LogP contribution in [0.1, 0.15) is 11.5 Å². The number of imide groups is 2. The van der Waals surface area contributed by atoms with Gasteiger partial charge in [0.05, 0.1) is 23.3 Å². The maximum Gasteiger partial charge on any atom is 0.331 e. The van der Waals surface area contributed by atoms with E-state index in [4.69, 9.17) is 8.83 Å². The van der Waals surface area contributed by atoms with Crippen molar-refractivity contribution in [2.24, 2.45) is 0 Å². The quantitative estimate of drug-likeness (QED) is 0.297. The molecule has 2 aromatic heterocycles. The number of furan rings is 2. The molecule has 4 rings (SSSR count). The van der Waals surface area contributed by atoms with Crippen LogP contribution < -0.4 is 5.32 Å². The zero-order valence-corrected chi connectivity index (χ0v) is 15.2. The topological polar surface area (TPSA) is 136 Å². The van der Waals surface area contributed by atoms with E-state index in [2.05, 4.69) is 5.32 Å². The van der Waals surface area contributed by atoms with Gasteiger partial charge in [0.2, 0.25) is 0 Å². The molecule has 0 saturated carbocycles. The number of carbonyl (C=O) groups excluding carboxylic acids is 3. The summed E-state index contributed by atoms with van der Waals surface area (Å²) in [4.78, 5) is 48.4. The van der Waals surface area contributed by atoms with E-state index in [1.54, 1.807) is 18.2 Å². The molecular formula is C20H13N3O7. The lowest BCUT2D eigenvalue weighted by Gasteiger charge is -2.25. The molecule has 30 heavy (non-hydrogen) atoms. The minimum atomic E-state index is -0.871. The third-order valence-corrected chi connectivity index (χ3v) is 4.36. The number of nitro groups is 1. The summed E-state index contributed by atoms with van der Waals surface area (Å²) in [7, 11) is 0. The number of benzene rings is 1. The standard InChI is InChI=1S/C20H13N3O7/c24-18-15(19(25)22(20(26)21-18)11-13-4-3-9-29-13)10-12-7-8-17(30-12)14-5-1-2-6-16(14)23(27)28/h1-10H,11H2,(H,21,24,26)/b15-10-. The highest BCUT2D eigenvalue weighted by molar-refractivity contribution is 6.30. The van der Waals surface area contributed by atoms with E-state index in [9.17, 15) is 24.5 Å². The van der Waals surface area contributed by atoms with Gasteiger partial charge in [-0.3, -0.25) is 29.9 Å². The lowest BCUT2D eigenvalue weighted by Crippen LogP contribution is -2.53. The second kappa shape index (κ2) is 7.51. The fourth-order valence-electron chi connectivity index (χ4n) is 2.95. The molecule has 150 valence electrons. The molecule has 1 fully saturated rings. The molecule has 0 radical (unpaired) electrons. The first kappa shape index (κ1) is 18.9. The van der Waals surface area contributed by atoms with E-state index in [0.717, 1.165) is 4.90 Å². The predicted octanol–water partition coefficient (Wildman–Crippen LogP) is 3.11. The fraction of sp³-hybridized carbons (Fsp3) is 0.0500. The van der Waals surface area contributed by atoms with Crippen molar-refractivity contribution in [3.63, 3.8) is 0 Å². The van der Waals surface area contributed by atoms with Gasteiger partial charge < -0.3 is 8.83 Å². The zero-order valence-electron chi connectivity index (χ0n) is 15.2. The third-order valence-electron chi connectivity index (χ3n) is 4.36. The minimum absolute atomic E-state index is 0.119. The summed E-state index contributed by atoms with van der Waals surface area (Å²) in [5.41, 5.74) is -0.210. The zero-order chi connectivity index (χ0) is 21.3. The molecule has 10 heteroatoms. The fourth-order valence-corrected chi connectivity index (χ4v) is 2.95. The average Bonchev–Trinajstić information content (AvgIpc) is 3.40. The summed E-state index contributed by atoms with van der Waals surface area (Å²) in [5.74, 6) is -1.01. The predicted molar refractivity (Wildman–Crippen MR) is 102 cm³/mol. The molecule has 0 spiro atoms. The first-order chi connectivity index (χ1) is 14.4. The normalized spacial score (nSPS) is 15.5. The number of para-hydroxylation sites is 1. The first-order valence-corrected chi connectivity index (χ1v) is 8.69. The van der Waals surface area contributed by atoms with Crippen molar-refractivity contribution >= 4 is 29.6 Å². The minimum Gasteiger partial charge on any atom is -0.467 e. The number of carbonyl (C=O) groups is 3. The maximum atomic E-state index is 12.7. The number of rotatable bonds is 5. The first-order valence-electron chi connectivity index (χ1n) is 8.69. The van der Waals surface area contributed by atoms with Gasteiger partial charge in [-0.25, -0.2) is 4.79 Å². The van der Waals surface area contributed by atoms with Crippen LogP contribution in [-0.2, 0) is 16.1 Å². The van der Waals surface area contributed by atoms with Crippen LogP contribution in [0.2, 0.25) is 0 Å². The van der Waals surface area contributed by atoms with Crippen LogP contribution in [0.4, 0.5) is 10.5 Å². The molecule has 1 saturated heterocycles. The van der Waals surface area contributed by atoms with Crippen LogP contribution in [-0.4, -0.2) is 27.7 Å². The molecule has 3 heterocycles. The number of hydrogen-bond donors (Lipinski definition) is 1. The van der Waals surface area contributed by atoms with Crippen LogP contribution in [0.15, 0.2) is 69.2 Å². The molecule has 3 aromatic rings. The van der Waals surface area contributed by atoms with Crippen molar-refractivity contribution in [2.45, 2.75) is 6.54 Å². The second-order valence-corrected chi connectivity index (χ2v) is 6.26. The SMILES string of the molecule is O=C1NC(=O)N(Cc2ccco2)C(=O)/C1=C\c1ccc(-c2ccccc2[N+](=O)[O-])o1. The van der Waals surface area contributed by atoms with Crippen LogP contribution >= 0.6 is 0 Å². The third kappa shape index (κ3) is 3.49.